The third-order valence-corrected chi connectivity index (χ3v) is 3.91. The van der Waals surface area contributed by atoms with Crippen molar-refractivity contribution in [3.8, 4) is 0 Å². The Hall–Kier alpha value is 0.1000. The molecule has 0 bridgehead atoms. The minimum atomic E-state index is 0.557. The number of hydrogen-bond acceptors (Lipinski definition) is 3. The molecule has 1 aromatic heterocycles. The third-order valence-electron chi connectivity index (χ3n) is 2.30. The van der Waals surface area contributed by atoms with E-state index in [2.05, 4.69) is 46.8 Å². The molecule has 1 aromatic rings. The molecule has 0 N–H and O–H groups in total. The second-order valence-electron chi connectivity index (χ2n) is 3.76. The van der Waals surface area contributed by atoms with Gasteiger partial charge in [0.2, 0.25) is 0 Å². The van der Waals surface area contributed by atoms with Crippen LogP contribution in [0, 0.1) is 0 Å². The average molecular weight is 292 g/mol. The Kier molecular flexibility index (Phi) is 5.82. The smallest absolute Gasteiger partial charge is 0.0701 e. The van der Waals surface area contributed by atoms with Gasteiger partial charge in [0.1, 0.15) is 0 Å². The lowest BCUT2D eigenvalue weighted by Gasteiger charge is -2.25. The zero-order valence-electron chi connectivity index (χ0n) is 9.50. The lowest BCUT2D eigenvalue weighted by molar-refractivity contribution is 0.125. The molecule has 0 spiro atoms. The molecule has 4 heteroatoms. The first-order valence-electron chi connectivity index (χ1n) is 5.10. The predicted molar refractivity (Wildman–Crippen MR) is 69.4 cm³/mol. The lowest BCUT2D eigenvalue weighted by Crippen LogP contribution is -2.32. The fourth-order valence-corrected chi connectivity index (χ4v) is 2.87. The maximum Gasteiger partial charge on any atom is 0.0701 e. The van der Waals surface area contributed by atoms with Gasteiger partial charge >= 0.3 is 0 Å². The quantitative estimate of drug-likeness (QED) is 0.797. The highest BCUT2D eigenvalue weighted by molar-refractivity contribution is 9.11. The first kappa shape index (κ1) is 13.2. The normalized spacial score (nSPS) is 11.6. The van der Waals surface area contributed by atoms with Crippen LogP contribution in [0.15, 0.2) is 15.9 Å². The molecule has 0 aliphatic heterocycles. The van der Waals surface area contributed by atoms with Crippen LogP contribution < -0.4 is 0 Å². The van der Waals surface area contributed by atoms with Crippen LogP contribution in [0.5, 0.6) is 0 Å². The number of hydrogen-bond donors (Lipinski definition) is 0. The minimum absolute atomic E-state index is 0.557. The van der Waals surface area contributed by atoms with Crippen molar-refractivity contribution < 1.29 is 4.74 Å². The highest BCUT2D eigenvalue weighted by atomic mass is 79.9. The fourth-order valence-electron chi connectivity index (χ4n) is 1.37. The van der Waals surface area contributed by atoms with Crippen LogP contribution >= 0.6 is 27.3 Å². The molecular weight excluding hydrogens is 274 g/mol. The Balaban J connectivity index is 2.50. The molecule has 2 nitrogen and oxygen atoms in total. The van der Waals surface area contributed by atoms with Crippen molar-refractivity contribution in [1.29, 1.82) is 0 Å². The summed E-state index contributed by atoms with van der Waals surface area (Å²) in [7, 11) is 1.75. The largest absolute Gasteiger partial charge is 0.383 e. The first-order chi connectivity index (χ1) is 7.13. The summed E-state index contributed by atoms with van der Waals surface area (Å²) in [6, 6.07) is 4.84. The molecule has 1 rings (SSSR count). The van der Waals surface area contributed by atoms with Gasteiger partial charge in [0.25, 0.3) is 0 Å². The van der Waals surface area contributed by atoms with Crippen molar-refractivity contribution in [2.75, 3.05) is 20.3 Å². The number of thiophene rings is 1. The van der Waals surface area contributed by atoms with Gasteiger partial charge in [-0.05, 0) is 41.9 Å². The second-order valence-corrected chi connectivity index (χ2v) is 6.31. The van der Waals surface area contributed by atoms with Gasteiger partial charge < -0.3 is 4.74 Å². The second kappa shape index (κ2) is 6.63. The molecule has 0 fully saturated rings. The topological polar surface area (TPSA) is 12.5 Å². The summed E-state index contributed by atoms with van der Waals surface area (Å²) in [5.74, 6) is 0. The highest BCUT2D eigenvalue weighted by Gasteiger charge is 2.10. The molecule has 15 heavy (non-hydrogen) atoms. The van der Waals surface area contributed by atoms with Crippen molar-refractivity contribution in [3.05, 3.63) is 20.8 Å². The van der Waals surface area contributed by atoms with Gasteiger partial charge in [-0.25, -0.2) is 0 Å². The summed E-state index contributed by atoms with van der Waals surface area (Å²) in [6.07, 6.45) is 0. The molecule has 0 radical (unpaired) electrons. The number of nitrogens with zero attached hydrogens (tertiary/aromatic N) is 1. The maximum atomic E-state index is 5.12. The molecule has 0 saturated heterocycles. The maximum absolute atomic E-state index is 5.12. The molecule has 0 aromatic carbocycles. The van der Waals surface area contributed by atoms with E-state index in [1.165, 1.54) is 8.66 Å². The summed E-state index contributed by atoms with van der Waals surface area (Å²) in [4.78, 5) is 3.81. The average Bonchev–Trinajstić information content (AvgIpc) is 2.58. The van der Waals surface area contributed by atoms with Crippen molar-refractivity contribution in [3.63, 3.8) is 0 Å². The number of methoxy groups -OCH3 is 1. The Labute approximate surface area is 104 Å². The Morgan fingerprint density at radius 2 is 2.20 bits per heavy atom. The van der Waals surface area contributed by atoms with Crippen molar-refractivity contribution in [2.45, 2.75) is 26.4 Å². The van der Waals surface area contributed by atoms with E-state index < -0.39 is 0 Å². The van der Waals surface area contributed by atoms with E-state index in [1.807, 2.05) is 0 Å². The Morgan fingerprint density at radius 1 is 1.47 bits per heavy atom. The van der Waals surface area contributed by atoms with Gasteiger partial charge in [0.15, 0.2) is 0 Å². The fraction of sp³-hybridized carbons (Fsp3) is 0.636. The zero-order chi connectivity index (χ0) is 11.3. The van der Waals surface area contributed by atoms with Crippen molar-refractivity contribution >= 4 is 27.3 Å². The van der Waals surface area contributed by atoms with E-state index in [4.69, 9.17) is 4.74 Å². The zero-order valence-corrected chi connectivity index (χ0v) is 11.9. The highest BCUT2D eigenvalue weighted by Crippen LogP contribution is 2.23. The molecule has 0 atom stereocenters. The minimum Gasteiger partial charge on any atom is -0.383 e. The van der Waals surface area contributed by atoms with Crippen LogP contribution in [0.25, 0.3) is 0 Å². The number of rotatable bonds is 6. The van der Waals surface area contributed by atoms with Gasteiger partial charge in [0.05, 0.1) is 10.4 Å². The van der Waals surface area contributed by atoms with E-state index in [0.29, 0.717) is 6.04 Å². The van der Waals surface area contributed by atoms with E-state index >= 15 is 0 Å². The van der Waals surface area contributed by atoms with E-state index in [-0.39, 0.29) is 0 Å². The Morgan fingerprint density at radius 3 is 2.67 bits per heavy atom. The van der Waals surface area contributed by atoms with Gasteiger partial charge in [-0.1, -0.05) is 0 Å². The summed E-state index contributed by atoms with van der Waals surface area (Å²) in [5.41, 5.74) is 0. The van der Waals surface area contributed by atoms with Crippen LogP contribution in [0.4, 0.5) is 0 Å². The molecule has 1 heterocycles. The van der Waals surface area contributed by atoms with Gasteiger partial charge in [-0.15, -0.1) is 11.3 Å². The van der Waals surface area contributed by atoms with Gasteiger partial charge in [0, 0.05) is 31.1 Å². The number of halogens is 1. The lowest BCUT2D eigenvalue weighted by atomic mass is 10.3. The molecule has 0 aliphatic carbocycles. The molecule has 0 aliphatic rings. The van der Waals surface area contributed by atoms with Crippen LogP contribution in [-0.2, 0) is 11.3 Å². The number of ether oxygens (including phenoxy) is 1. The van der Waals surface area contributed by atoms with E-state index in [0.717, 1.165) is 19.7 Å². The van der Waals surface area contributed by atoms with Crippen LogP contribution in [0.3, 0.4) is 0 Å². The van der Waals surface area contributed by atoms with E-state index in [9.17, 15) is 0 Å². The summed E-state index contributed by atoms with van der Waals surface area (Å²) < 4.78 is 6.32. The molecule has 0 unspecified atom stereocenters. The van der Waals surface area contributed by atoms with Crippen molar-refractivity contribution in [1.82, 2.24) is 4.90 Å². The summed E-state index contributed by atoms with van der Waals surface area (Å²) in [6.45, 7) is 7.24. The van der Waals surface area contributed by atoms with Crippen LogP contribution in [0.1, 0.15) is 18.7 Å². The SMILES string of the molecule is COCCN(Cc1ccc(Br)s1)C(C)C. The predicted octanol–water partition coefficient (Wildman–Crippen LogP) is 3.37. The Bertz CT molecular complexity index is 288. The molecular formula is C11H18BrNOS. The van der Waals surface area contributed by atoms with Gasteiger partial charge in [-0.2, -0.15) is 0 Å². The summed E-state index contributed by atoms with van der Waals surface area (Å²) >= 11 is 5.29. The standard InChI is InChI=1S/C11H18BrNOS/c1-9(2)13(6-7-14-3)8-10-4-5-11(12)15-10/h4-5,9H,6-8H2,1-3H3. The summed E-state index contributed by atoms with van der Waals surface area (Å²) in [5, 5.41) is 0. The van der Waals surface area contributed by atoms with Gasteiger partial charge in [-0.3, -0.25) is 4.90 Å². The molecule has 0 saturated carbocycles. The van der Waals surface area contributed by atoms with Crippen molar-refractivity contribution in [2.24, 2.45) is 0 Å². The monoisotopic (exact) mass is 291 g/mol. The van der Waals surface area contributed by atoms with Crippen LogP contribution in [-0.4, -0.2) is 31.2 Å². The molecule has 86 valence electrons. The van der Waals surface area contributed by atoms with E-state index in [1.54, 1.807) is 18.4 Å². The third kappa shape index (κ3) is 4.64. The molecule has 0 amide bonds. The first-order valence-corrected chi connectivity index (χ1v) is 6.71. The van der Waals surface area contributed by atoms with Crippen LogP contribution in [0.2, 0.25) is 0 Å².